The van der Waals surface area contributed by atoms with Gasteiger partial charge in [0.1, 0.15) is 0 Å². The summed E-state index contributed by atoms with van der Waals surface area (Å²) >= 11 is 1.59. The van der Waals surface area contributed by atoms with Gasteiger partial charge in [0.2, 0.25) is 0 Å². The van der Waals surface area contributed by atoms with E-state index in [1.54, 1.807) is 16.2 Å². The normalized spacial score (nSPS) is 18.9. The molecule has 3 rings (SSSR count). The van der Waals surface area contributed by atoms with Gasteiger partial charge in [0.25, 0.3) is 11.8 Å². The molecule has 0 aliphatic carbocycles. The quantitative estimate of drug-likeness (QED) is 0.670. The van der Waals surface area contributed by atoms with E-state index in [0.717, 1.165) is 23.3 Å². The summed E-state index contributed by atoms with van der Waals surface area (Å²) in [5.41, 5.74) is 0.991. The van der Waals surface area contributed by atoms with Crippen LogP contribution in [-0.4, -0.2) is 52.2 Å². The van der Waals surface area contributed by atoms with E-state index in [4.69, 9.17) is 0 Å². The molecule has 3 atom stereocenters. The maximum atomic E-state index is 12.7. The molecule has 6 nitrogen and oxygen atoms in total. The largest absolute Gasteiger partial charge is 0.380 e. The lowest BCUT2D eigenvalue weighted by atomic mass is 10.0. The number of hydrogen-bond donors (Lipinski definition) is 3. The Morgan fingerprint density at radius 3 is 2.63 bits per heavy atom. The van der Waals surface area contributed by atoms with E-state index in [1.165, 1.54) is 0 Å². The highest BCUT2D eigenvalue weighted by atomic mass is 32.1. The van der Waals surface area contributed by atoms with Crippen molar-refractivity contribution in [3.8, 4) is 0 Å². The van der Waals surface area contributed by atoms with Crippen LogP contribution in [0.25, 0.3) is 0 Å². The number of likely N-dealkylation sites (tertiary alicyclic amines) is 1. The van der Waals surface area contributed by atoms with Gasteiger partial charge >= 0.3 is 0 Å². The molecule has 144 valence electrons. The van der Waals surface area contributed by atoms with Crippen molar-refractivity contribution in [2.75, 3.05) is 13.1 Å². The number of aliphatic hydroxyl groups excluding tert-OH is 2. The van der Waals surface area contributed by atoms with Gasteiger partial charge in [0.05, 0.1) is 6.04 Å². The molecule has 1 aliphatic heterocycles. The van der Waals surface area contributed by atoms with Crippen LogP contribution in [0.1, 0.15) is 29.3 Å². The highest BCUT2D eigenvalue weighted by Crippen LogP contribution is 2.32. The van der Waals surface area contributed by atoms with Crippen LogP contribution in [0.15, 0.2) is 47.8 Å². The molecule has 0 spiro atoms. The van der Waals surface area contributed by atoms with Gasteiger partial charge in [-0.05, 0) is 36.3 Å². The van der Waals surface area contributed by atoms with Gasteiger partial charge in [0.15, 0.2) is 12.2 Å². The van der Waals surface area contributed by atoms with Crippen molar-refractivity contribution in [1.82, 2.24) is 10.2 Å². The Morgan fingerprint density at radius 2 is 1.93 bits per heavy atom. The number of nitrogens with one attached hydrogen (secondary N) is 1. The second-order valence-corrected chi connectivity index (χ2v) is 7.64. The Morgan fingerprint density at radius 1 is 1.15 bits per heavy atom. The fraction of sp³-hybridized carbons (Fsp3) is 0.400. The van der Waals surface area contributed by atoms with Gasteiger partial charge in [-0.2, -0.15) is 0 Å². The molecule has 1 saturated heterocycles. The molecule has 0 radical (unpaired) electrons. The molecule has 1 fully saturated rings. The molecule has 1 aromatic carbocycles. The number of carbonyl (C=O) groups excluding carboxylic acids is 2. The highest BCUT2D eigenvalue weighted by molar-refractivity contribution is 7.09. The first-order chi connectivity index (χ1) is 13.1. The Hall–Kier alpha value is -2.22. The summed E-state index contributed by atoms with van der Waals surface area (Å²) < 4.78 is 0. The fourth-order valence-electron chi connectivity index (χ4n) is 3.37. The molecule has 2 amide bonds. The third-order valence-corrected chi connectivity index (χ3v) is 5.73. The molecule has 7 heteroatoms. The van der Waals surface area contributed by atoms with E-state index in [1.807, 2.05) is 47.8 Å². The van der Waals surface area contributed by atoms with Crippen LogP contribution in [0.5, 0.6) is 0 Å². The molecular weight excluding hydrogens is 364 g/mol. The number of rotatable bonds is 7. The summed E-state index contributed by atoms with van der Waals surface area (Å²) in [7, 11) is 0. The van der Waals surface area contributed by atoms with Crippen LogP contribution in [-0.2, 0) is 16.0 Å². The molecule has 3 N–H and O–H groups in total. The molecule has 0 saturated carbocycles. The lowest BCUT2D eigenvalue weighted by Crippen LogP contribution is -2.50. The van der Waals surface area contributed by atoms with Crippen molar-refractivity contribution in [2.24, 2.45) is 0 Å². The number of nitrogens with zero attached hydrogens (tertiary/aromatic N) is 1. The van der Waals surface area contributed by atoms with Crippen LogP contribution in [0.3, 0.4) is 0 Å². The van der Waals surface area contributed by atoms with Gasteiger partial charge in [-0.3, -0.25) is 9.59 Å². The van der Waals surface area contributed by atoms with Crippen LogP contribution >= 0.6 is 11.3 Å². The number of thiophene rings is 1. The van der Waals surface area contributed by atoms with Crippen molar-refractivity contribution in [3.63, 3.8) is 0 Å². The molecular formula is C20H24N2O4S. The van der Waals surface area contributed by atoms with E-state index in [-0.39, 0.29) is 6.04 Å². The van der Waals surface area contributed by atoms with Crippen LogP contribution in [0.4, 0.5) is 0 Å². The topological polar surface area (TPSA) is 89.9 Å². The van der Waals surface area contributed by atoms with Crippen LogP contribution < -0.4 is 5.32 Å². The summed E-state index contributed by atoms with van der Waals surface area (Å²) in [4.78, 5) is 27.4. The minimum atomic E-state index is -1.78. The van der Waals surface area contributed by atoms with Gasteiger partial charge in [-0.25, -0.2) is 0 Å². The van der Waals surface area contributed by atoms with Gasteiger partial charge < -0.3 is 20.4 Å². The number of aliphatic hydroxyl groups is 2. The Balaban J connectivity index is 1.56. The minimum Gasteiger partial charge on any atom is -0.380 e. The molecule has 2 aromatic rings. The number of benzene rings is 1. The summed E-state index contributed by atoms with van der Waals surface area (Å²) in [6, 6.07) is 13.4. The monoisotopic (exact) mass is 388 g/mol. The number of hydrogen-bond acceptors (Lipinski definition) is 5. The van der Waals surface area contributed by atoms with Gasteiger partial charge in [-0.1, -0.05) is 36.4 Å². The third kappa shape index (κ3) is 4.74. The lowest BCUT2D eigenvalue weighted by Gasteiger charge is -2.28. The summed E-state index contributed by atoms with van der Waals surface area (Å²) in [6.45, 7) is 0.843. The predicted octanol–water partition coefficient (Wildman–Crippen LogP) is 1.49. The third-order valence-electron chi connectivity index (χ3n) is 4.79. The van der Waals surface area contributed by atoms with Crippen molar-refractivity contribution in [2.45, 2.75) is 37.5 Å². The zero-order chi connectivity index (χ0) is 19.2. The molecule has 1 unspecified atom stereocenters. The second kappa shape index (κ2) is 9.12. The zero-order valence-electron chi connectivity index (χ0n) is 15.0. The Kier molecular flexibility index (Phi) is 6.60. The van der Waals surface area contributed by atoms with Crippen LogP contribution in [0.2, 0.25) is 0 Å². The van der Waals surface area contributed by atoms with Gasteiger partial charge in [0, 0.05) is 18.0 Å². The maximum absolute atomic E-state index is 12.7. The summed E-state index contributed by atoms with van der Waals surface area (Å²) in [5.74, 6) is -1.34. The average Bonchev–Trinajstić information content (AvgIpc) is 3.38. The van der Waals surface area contributed by atoms with Crippen molar-refractivity contribution in [3.05, 3.63) is 58.3 Å². The molecule has 1 aliphatic rings. The molecule has 2 heterocycles. The first kappa shape index (κ1) is 19.5. The summed E-state index contributed by atoms with van der Waals surface area (Å²) in [6.07, 6.45) is -1.29. The SMILES string of the molecule is O=C(NCCc1cccs1)[C@H](O)[C@@H](O)C(=O)N1CCCC1c1ccccc1. The number of carbonyl (C=O) groups is 2. The first-order valence-electron chi connectivity index (χ1n) is 9.09. The zero-order valence-corrected chi connectivity index (χ0v) is 15.8. The molecule has 0 bridgehead atoms. The molecule has 27 heavy (non-hydrogen) atoms. The average molecular weight is 388 g/mol. The van der Waals surface area contributed by atoms with Crippen molar-refractivity contribution in [1.29, 1.82) is 0 Å². The minimum absolute atomic E-state index is 0.137. The van der Waals surface area contributed by atoms with E-state index >= 15 is 0 Å². The van der Waals surface area contributed by atoms with Crippen molar-refractivity contribution < 1.29 is 19.8 Å². The first-order valence-corrected chi connectivity index (χ1v) is 9.97. The van der Waals surface area contributed by atoms with E-state index in [2.05, 4.69) is 5.32 Å². The van der Waals surface area contributed by atoms with E-state index in [9.17, 15) is 19.8 Å². The van der Waals surface area contributed by atoms with E-state index in [0.29, 0.717) is 19.5 Å². The Bertz CT molecular complexity index is 751. The fourth-order valence-corrected chi connectivity index (χ4v) is 4.08. The Labute approximate surface area is 162 Å². The van der Waals surface area contributed by atoms with E-state index < -0.39 is 24.0 Å². The lowest BCUT2D eigenvalue weighted by molar-refractivity contribution is -0.153. The number of amides is 2. The highest BCUT2D eigenvalue weighted by Gasteiger charge is 2.38. The van der Waals surface area contributed by atoms with Crippen molar-refractivity contribution >= 4 is 23.2 Å². The van der Waals surface area contributed by atoms with Gasteiger partial charge in [-0.15, -0.1) is 11.3 Å². The predicted molar refractivity (Wildman–Crippen MR) is 103 cm³/mol. The van der Waals surface area contributed by atoms with Crippen LogP contribution in [0, 0.1) is 0 Å². The smallest absolute Gasteiger partial charge is 0.255 e. The summed E-state index contributed by atoms with van der Waals surface area (Å²) in [5, 5.41) is 24.9. The standard InChI is InChI=1S/C20H24N2O4S/c23-17(19(25)21-11-10-15-8-5-13-27-15)18(24)20(26)22-12-4-9-16(22)14-6-2-1-3-7-14/h1-3,5-8,13,16-18,23-24H,4,9-12H2,(H,21,25)/t16?,17-,18-/m1/s1. The molecule has 1 aromatic heterocycles. The second-order valence-electron chi connectivity index (χ2n) is 6.61. The maximum Gasteiger partial charge on any atom is 0.255 e.